The van der Waals surface area contributed by atoms with Crippen LogP contribution in [-0.2, 0) is 9.53 Å². The third kappa shape index (κ3) is 4.45. The molecule has 8 nitrogen and oxygen atoms in total. The Morgan fingerprint density at radius 1 is 1.11 bits per heavy atom. The summed E-state index contributed by atoms with van der Waals surface area (Å²) in [5.74, 6) is -1.81. The Hall–Kier alpha value is -4.37. The fraction of sp³-hybridized carbons (Fsp3) is 0.207. The molecule has 0 spiro atoms. The first-order valence-corrected chi connectivity index (χ1v) is 12.9. The minimum atomic E-state index is -0.885. The number of ether oxygens (including phenoxy) is 2. The van der Waals surface area contributed by atoms with Gasteiger partial charge in [-0.25, -0.2) is 4.79 Å². The van der Waals surface area contributed by atoms with Crippen LogP contribution in [-0.4, -0.2) is 36.5 Å². The monoisotopic (exact) mass is 531 g/mol. The standard InChI is InChI=1S/C29H25NO7S/c1-16(2)15-36-29(34)17-9-11-19(12-10-17)30-24(22-8-5-13-38-22)23(26(32)28(30)33)25(31)21-14-18-6-4-7-20(35-3)27(18)37-21/h4-14,16,24,32H,15H2,1-3H3. The van der Waals surface area contributed by atoms with Crippen LogP contribution in [0.15, 0.2) is 81.8 Å². The number of aliphatic hydroxyl groups is 1. The molecule has 38 heavy (non-hydrogen) atoms. The largest absolute Gasteiger partial charge is 0.503 e. The number of carbonyl (C=O) groups excluding carboxylic acids is 3. The molecule has 0 bridgehead atoms. The highest BCUT2D eigenvalue weighted by atomic mass is 32.1. The van der Waals surface area contributed by atoms with Gasteiger partial charge in [-0.1, -0.05) is 32.0 Å². The molecule has 1 unspecified atom stereocenters. The van der Waals surface area contributed by atoms with Crippen molar-refractivity contribution in [2.24, 2.45) is 5.92 Å². The normalized spacial score (nSPS) is 15.5. The highest BCUT2D eigenvalue weighted by Gasteiger charge is 2.46. The van der Waals surface area contributed by atoms with Gasteiger partial charge in [-0.3, -0.25) is 14.5 Å². The molecule has 1 aliphatic heterocycles. The van der Waals surface area contributed by atoms with Crippen LogP contribution >= 0.6 is 11.3 Å². The van der Waals surface area contributed by atoms with Gasteiger partial charge in [0, 0.05) is 16.0 Å². The van der Waals surface area contributed by atoms with Gasteiger partial charge >= 0.3 is 5.97 Å². The number of hydrogen-bond donors (Lipinski definition) is 1. The second-order valence-corrected chi connectivity index (χ2v) is 10.2. The molecular formula is C29H25NO7S. The summed E-state index contributed by atoms with van der Waals surface area (Å²) in [7, 11) is 1.50. The Morgan fingerprint density at radius 2 is 1.87 bits per heavy atom. The summed E-state index contributed by atoms with van der Waals surface area (Å²) in [5, 5.41) is 13.4. The van der Waals surface area contributed by atoms with Crippen molar-refractivity contribution in [2.45, 2.75) is 19.9 Å². The number of ketones is 1. The summed E-state index contributed by atoms with van der Waals surface area (Å²) in [6, 6.07) is 15.9. The average Bonchev–Trinajstić information content (AvgIpc) is 3.66. The molecule has 1 N–H and O–H groups in total. The minimum Gasteiger partial charge on any atom is -0.503 e. The summed E-state index contributed by atoms with van der Waals surface area (Å²) in [6.45, 7) is 4.18. The number of nitrogens with zero attached hydrogens (tertiary/aromatic N) is 1. The molecule has 1 aliphatic rings. The number of furan rings is 1. The van der Waals surface area contributed by atoms with Gasteiger partial charge in [0.2, 0.25) is 5.78 Å². The third-order valence-corrected chi connectivity index (χ3v) is 7.07. The summed E-state index contributed by atoms with van der Waals surface area (Å²) < 4.78 is 16.5. The number of fused-ring (bicyclic) bond motifs is 1. The molecule has 0 radical (unpaired) electrons. The van der Waals surface area contributed by atoms with E-state index in [0.717, 1.165) is 0 Å². The van der Waals surface area contributed by atoms with Crippen molar-refractivity contribution in [3.8, 4) is 5.75 Å². The van der Waals surface area contributed by atoms with Crippen molar-refractivity contribution in [1.29, 1.82) is 0 Å². The summed E-state index contributed by atoms with van der Waals surface area (Å²) >= 11 is 1.35. The second kappa shape index (κ2) is 10.2. The van der Waals surface area contributed by atoms with E-state index in [1.165, 1.54) is 23.3 Å². The van der Waals surface area contributed by atoms with Gasteiger partial charge < -0.3 is 19.0 Å². The van der Waals surface area contributed by atoms with Crippen LogP contribution < -0.4 is 9.64 Å². The number of thiophene rings is 1. The smallest absolute Gasteiger partial charge is 0.338 e. The Bertz CT molecular complexity index is 1550. The van der Waals surface area contributed by atoms with E-state index in [-0.39, 0.29) is 17.3 Å². The fourth-order valence-electron chi connectivity index (χ4n) is 4.35. The zero-order valence-corrected chi connectivity index (χ0v) is 21.8. The van der Waals surface area contributed by atoms with E-state index in [1.54, 1.807) is 60.7 Å². The van der Waals surface area contributed by atoms with Crippen molar-refractivity contribution in [1.82, 2.24) is 0 Å². The van der Waals surface area contributed by atoms with Gasteiger partial charge in [-0.2, -0.15) is 0 Å². The number of hydrogen-bond acceptors (Lipinski definition) is 8. The van der Waals surface area contributed by atoms with Crippen LogP contribution in [0.1, 0.15) is 45.7 Å². The van der Waals surface area contributed by atoms with Crippen molar-refractivity contribution in [3.05, 3.63) is 93.6 Å². The number of anilines is 1. The SMILES string of the molecule is COc1cccc2cc(C(=O)C3=C(O)C(=O)N(c4ccc(C(=O)OCC(C)C)cc4)C3c3cccs3)oc12. The van der Waals surface area contributed by atoms with Gasteiger partial charge in [0.05, 0.1) is 24.9 Å². The van der Waals surface area contributed by atoms with Crippen LogP contribution in [0.3, 0.4) is 0 Å². The van der Waals surface area contributed by atoms with Crippen LogP contribution in [0.25, 0.3) is 11.0 Å². The molecule has 2 aromatic carbocycles. The molecule has 0 aliphatic carbocycles. The molecule has 0 saturated carbocycles. The van der Waals surface area contributed by atoms with Gasteiger partial charge in [0.25, 0.3) is 5.91 Å². The van der Waals surface area contributed by atoms with Gasteiger partial charge in [-0.05, 0) is 53.8 Å². The number of para-hydroxylation sites is 1. The van der Waals surface area contributed by atoms with Crippen LogP contribution in [0.5, 0.6) is 5.75 Å². The van der Waals surface area contributed by atoms with Crippen molar-refractivity contribution >= 4 is 45.7 Å². The van der Waals surface area contributed by atoms with Crippen molar-refractivity contribution in [3.63, 3.8) is 0 Å². The zero-order chi connectivity index (χ0) is 27.0. The molecule has 2 aromatic heterocycles. The van der Waals surface area contributed by atoms with Gasteiger partial charge in [-0.15, -0.1) is 11.3 Å². The lowest BCUT2D eigenvalue weighted by Crippen LogP contribution is -2.30. The summed E-state index contributed by atoms with van der Waals surface area (Å²) in [6.07, 6.45) is 0. The van der Waals surface area contributed by atoms with Crippen LogP contribution in [0.2, 0.25) is 0 Å². The number of esters is 1. The van der Waals surface area contributed by atoms with E-state index in [9.17, 15) is 19.5 Å². The quantitative estimate of drug-likeness (QED) is 0.216. The minimum absolute atomic E-state index is 0.0227. The predicted molar refractivity (Wildman–Crippen MR) is 143 cm³/mol. The number of methoxy groups -OCH3 is 1. The number of rotatable bonds is 8. The molecule has 0 saturated heterocycles. The highest BCUT2D eigenvalue weighted by Crippen LogP contribution is 2.44. The number of aliphatic hydroxyl groups excluding tert-OH is 1. The lowest BCUT2D eigenvalue weighted by Gasteiger charge is -2.25. The molecule has 0 fully saturated rings. The highest BCUT2D eigenvalue weighted by molar-refractivity contribution is 7.10. The second-order valence-electron chi connectivity index (χ2n) is 9.21. The Labute approximate surface area is 222 Å². The van der Waals surface area contributed by atoms with E-state index in [4.69, 9.17) is 13.9 Å². The molecule has 1 amide bonds. The molecule has 1 atom stereocenters. The molecule has 194 valence electrons. The molecular weight excluding hydrogens is 506 g/mol. The van der Waals surface area contributed by atoms with Crippen molar-refractivity contribution < 1.29 is 33.4 Å². The third-order valence-electron chi connectivity index (χ3n) is 6.15. The molecule has 5 rings (SSSR count). The van der Waals surface area contributed by atoms with E-state index >= 15 is 0 Å². The van der Waals surface area contributed by atoms with Crippen molar-refractivity contribution in [2.75, 3.05) is 18.6 Å². The molecule has 9 heteroatoms. The maximum absolute atomic E-state index is 13.7. The predicted octanol–water partition coefficient (Wildman–Crippen LogP) is 6.10. The molecule has 4 aromatic rings. The number of amides is 1. The number of benzene rings is 2. The van der Waals surface area contributed by atoms with E-state index in [1.807, 2.05) is 19.2 Å². The zero-order valence-electron chi connectivity index (χ0n) is 21.0. The summed E-state index contributed by atoms with van der Waals surface area (Å²) in [4.78, 5) is 41.5. The lowest BCUT2D eigenvalue weighted by atomic mass is 10.00. The van der Waals surface area contributed by atoms with E-state index in [2.05, 4.69) is 0 Å². The average molecular weight is 532 g/mol. The Balaban J connectivity index is 1.52. The number of Topliss-reactive ketones (excluding diaryl/α,β-unsaturated/α-hetero) is 1. The fourth-order valence-corrected chi connectivity index (χ4v) is 5.17. The van der Waals surface area contributed by atoms with E-state index < -0.39 is 29.5 Å². The first kappa shape index (κ1) is 25.3. The first-order chi connectivity index (χ1) is 18.3. The van der Waals surface area contributed by atoms with E-state index in [0.29, 0.717) is 39.5 Å². The maximum atomic E-state index is 13.7. The number of carbonyl (C=O) groups is 3. The lowest BCUT2D eigenvalue weighted by molar-refractivity contribution is -0.117. The van der Waals surface area contributed by atoms with Crippen LogP contribution in [0.4, 0.5) is 5.69 Å². The Kier molecular flexibility index (Phi) is 6.77. The first-order valence-electron chi connectivity index (χ1n) is 12.0. The topological polar surface area (TPSA) is 106 Å². The molecule has 3 heterocycles. The van der Waals surface area contributed by atoms with Gasteiger partial charge in [0.1, 0.15) is 6.04 Å². The summed E-state index contributed by atoms with van der Waals surface area (Å²) in [5.41, 5.74) is 1.05. The Morgan fingerprint density at radius 3 is 2.53 bits per heavy atom. The van der Waals surface area contributed by atoms with Gasteiger partial charge in [0.15, 0.2) is 22.9 Å². The maximum Gasteiger partial charge on any atom is 0.338 e. The van der Waals surface area contributed by atoms with Crippen LogP contribution in [0, 0.1) is 5.92 Å².